The molecule has 2 N–H and O–H groups in total. The van der Waals surface area contributed by atoms with Gasteiger partial charge < -0.3 is 15.3 Å². The van der Waals surface area contributed by atoms with E-state index in [0.717, 1.165) is 24.3 Å². The molecule has 0 radical (unpaired) electrons. The predicted molar refractivity (Wildman–Crippen MR) is 113 cm³/mol. The van der Waals surface area contributed by atoms with Crippen molar-refractivity contribution >= 4 is 23.6 Å². The minimum atomic E-state index is -0.285. The van der Waals surface area contributed by atoms with E-state index in [4.69, 9.17) is 4.98 Å². The average molecular weight is 423 g/mol. The van der Waals surface area contributed by atoms with Gasteiger partial charge in [0, 0.05) is 30.0 Å². The first-order chi connectivity index (χ1) is 14.7. The van der Waals surface area contributed by atoms with Crippen LogP contribution in [0.3, 0.4) is 0 Å². The maximum Gasteiger partial charge on any atom is 0.255 e. The maximum atomic E-state index is 12.9. The summed E-state index contributed by atoms with van der Waals surface area (Å²) in [5, 5.41) is 13.1. The lowest BCUT2D eigenvalue weighted by atomic mass is 10.2. The van der Waals surface area contributed by atoms with Gasteiger partial charge in [0.2, 0.25) is 5.95 Å². The molecule has 1 aliphatic rings. The van der Waals surface area contributed by atoms with Crippen LogP contribution < -0.4 is 10.2 Å². The highest BCUT2D eigenvalue weighted by molar-refractivity contribution is 7.99. The monoisotopic (exact) mass is 422 g/mol. The molecular weight excluding hydrogens is 400 g/mol. The van der Waals surface area contributed by atoms with E-state index in [9.17, 15) is 9.90 Å². The molecule has 0 spiro atoms. The number of nitrogens with zero attached hydrogens (tertiary/aromatic N) is 5. The van der Waals surface area contributed by atoms with Crippen molar-refractivity contribution in [2.45, 2.75) is 35.3 Å². The fraction of sp³-hybridized carbons (Fsp3) is 0.286. The van der Waals surface area contributed by atoms with Crippen molar-refractivity contribution in [3.05, 3.63) is 66.4 Å². The Labute approximate surface area is 178 Å². The Balaban J connectivity index is 1.60. The van der Waals surface area contributed by atoms with E-state index in [2.05, 4.69) is 20.3 Å². The number of aliphatic hydroxyl groups excluding tert-OH is 1. The molecule has 1 aliphatic heterocycles. The number of anilines is 1. The number of hydrogen-bond donors (Lipinski definition) is 2. The lowest BCUT2D eigenvalue weighted by molar-refractivity contribution is 0.0945. The summed E-state index contributed by atoms with van der Waals surface area (Å²) in [5.74, 6) is 0.781. The molecular formula is C21H22N6O2S. The van der Waals surface area contributed by atoms with Crippen molar-refractivity contribution in [3.8, 4) is 0 Å². The van der Waals surface area contributed by atoms with Gasteiger partial charge in [-0.05, 0) is 31.0 Å². The van der Waals surface area contributed by atoms with Gasteiger partial charge in [0.1, 0.15) is 10.9 Å². The van der Waals surface area contributed by atoms with E-state index in [1.165, 1.54) is 11.8 Å². The molecule has 30 heavy (non-hydrogen) atoms. The number of amides is 1. The van der Waals surface area contributed by atoms with Crippen LogP contribution in [0.2, 0.25) is 0 Å². The molecule has 0 aliphatic carbocycles. The Bertz CT molecular complexity index is 989. The second kappa shape index (κ2) is 9.64. The Kier molecular flexibility index (Phi) is 6.50. The summed E-state index contributed by atoms with van der Waals surface area (Å²) in [7, 11) is 0. The summed E-state index contributed by atoms with van der Waals surface area (Å²) in [5.41, 5.74) is 0.392. The van der Waals surface area contributed by atoms with Crippen LogP contribution in [0.1, 0.15) is 29.0 Å². The molecule has 3 heterocycles. The minimum absolute atomic E-state index is 0.00878. The quantitative estimate of drug-likeness (QED) is 0.559. The lowest BCUT2D eigenvalue weighted by Gasteiger charge is -2.23. The van der Waals surface area contributed by atoms with Gasteiger partial charge in [0.05, 0.1) is 24.8 Å². The summed E-state index contributed by atoms with van der Waals surface area (Å²) in [6.45, 7) is 1.07. The van der Waals surface area contributed by atoms with Crippen molar-refractivity contribution in [2.24, 2.45) is 0 Å². The maximum absolute atomic E-state index is 12.9. The van der Waals surface area contributed by atoms with E-state index in [1.807, 2.05) is 35.2 Å². The van der Waals surface area contributed by atoms with Crippen LogP contribution in [-0.4, -0.2) is 50.1 Å². The Morgan fingerprint density at radius 3 is 2.73 bits per heavy atom. The van der Waals surface area contributed by atoms with Crippen LogP contribution >= 0.6 is 11.8 Å². The van der Waals surface area contributed by atoms with Crippen LogP contribution in [0.5, 0.6) is 0 Å². The fourth-order valence-electron chi connectivity index (χ4n) is 3.29. The summed E-state index contributed by atoms with van der Waals surface area (Å²) < 4.78 is 0. The third-order valence-electron chi connectivity index (χ3n) is 4.81. The Morgan fingerprint density at radius 1 is 1.17 bits per heavy atom. The second-order valence-electron chi connectivity index (χ2n) is 6.82. The van der Waals surface area contributed by atoms with Crippen molar-refractivity contribution < 1.29 is 9.90 Å². The molecule has 3 aromatic rings. The van der Waals surface area contributed by atoms with Gasteiger partial charge in [0.25, 0.3) is 5.91 Å². The van der Waals surface area contributed by atoms with Crippen LogP contribution in [0, 0.1) is 0 Å². The first-order valence-corrected chi connectivity index (χ1v) is 10.6. The number of aromatic nitrogens is 4. The molecule has 0 saturated carbocycles. The summed E-state index contributed by atoms with van der Waals surface area (Å²) in [6.07, 6.45) is 6.71. The van der Waals surface area contributed by atoms with Crippen molar-refractivity contribution in [3.63, 3.8) is 0 Å². The first kappa shape index (κ1) is 20.2. The molecule has 1 fully saturated rings. The smallest absolute Gasteiger partial charge is 0.255 e. The normalized spacial score (nSPS) is 15.9. The molecule has 1 aromatic carbocycles. The molecule has 8 nitrogen and oxygen atoms in total. The number of benzene rings is 1. The van der Waals surface area contributed by atoms with Crippen LogP contribution in [0.15, 0.2) is 64.9 Å². The van der Waals surface area contributed by atoms with Crippen LogP contribution in [0.25, 0.3) is 0 Å². The highest BCUT2D eigenvalue weighted by Gasteiger charge is 2.27. The van der Waals surface area contributed by atoms with Crippen molar-refractivity contribution in [1.82, 2.24) is 25.3 Å². The number of carbonyl (C=O) groups excluding carboxylic acids is 1. The molecule has 9 heteroatoms. The zero-order chi connectivity index (χ0) is 20.8. The van der Waals surface area contributed by atoms with Crippen molar-refractivity contribution in [1.29, 1.82) is 0 Å². The van der Waals surface area contributed by atoms with Gasteiger partial charge in [-0.15, -0.1) is 0 Å². The highest BCUT2D eigenvalue weighted by Crippen LogP contribution is 2.31. The predicted octanol–water partition coefficient (Wildman–Crippen LogP) is 2.31. The average Bonchev–Trinajstić information content (AvgIpc) is 3.28. The van der Waals surface area contributed by atoms with E-state index in [-0.39, 0.29) is 25.1 Å². The summed E-state index contributed by atoms with van der Waals surface area (Å²) in [6, 6.07) is 11.5. The molecule has 1 amide bonds. The summed E-state index contributed by atoms with van der Waals surface area (Å²) in [4.78, 5) is 33.2. The molecule has 4 rings (SSSR count). The lowest BCUT2D eigenvalue weighted by Crippen LogP contribution is -2.34. The van der Waals surface area contributed by atoms with Crippen LogP contribution in [-0.2, 0) is 6.54 Å². The van der Waals surface area contributed by atoms with Crippen LogP contribution in [0.4, 0.5) is 5.95 Å². The number of aliphatic hydroxyl groups is 1. The zero-order valence-corrected chi connectivity index (χ0v) is 17.1. The SMILES string of the molecule is O=C(NCc1ncccn1)c1cnc(N2CCCC2CO)nc1Sc1ccccc1. The molecule has 1 unspecified atom stereocenters. The number of nitrogens with one attached hydrogen (secondary N) is 1. The number of hydrogen-bond acceptors (Lipinski definition) is 8. The number of carbonyl (C=O) groups is 1. The largest absolute Gasteiger partial charge is 0.394 e. The third-order valence-corrected chi connectivity index (χ3v) is 5.83. The molecule has 1 atom stereocenters. The van der Waals surface area contributed by atoms with Gasteiger partial charge in [-0.3, -0.25) is 4.79 Å². The van der Waals surface area contributed by atoms with Gasteiger partial charge in [-0.25, -0.2) is 19.9 Å². The third kappa shape index (κ3) is 4.74. The van der Waals surface area contributed by atoms with E-state index in [0.29, 0.717) is 22.4 Å². The van der Waals surface area contributed by atoms with Gasteiger partial charge >= 0.3 is 0 Å². The molecule has 154 valence electrons. The fourth-order valence-corrected chi connectivity index (χ4v) is 4.19. The summed E-state index contributed by atoms with van der Waals surface area (Å²) >= 11 is 1.41. The Morgan fingerprint density at radius 2 is 1.97 bits per heavy atom. The zero-order valence-electron chi connectivity index (χ0n) is 16.3. The topological polar surface area (TPSA) is 104 Å². The highest BCUT2D eigenvalue weighted by atomic mass is 32.2. The standard InChI is InChI=1S/C21H22N6O2S/c28-14-15-6-4-11-27(15)21-25-12-17(19(29)24-13-18-22-9-5-10-23-18)20(26-21)30-16-7-2-1-3-8-16/h1-3,5,7-10,12,15,28H,4,6,11,13-14H2,(H,24,29). The van der Waals surface area contributed by atoms with Gasteiger partial charge in [-0.1, -0.05) is 30.0 Å². The Hall–Kier alpha value is -3.04. The second-order valence-corrected chi connectivity index (χ2v) is 7.89. The van der Waals surface area contributed by atoms with E-state index < -0.39 is 0 Å². The molecule has 0 bridgehead atoms. The molecule has 1 saturated heterocycles. The van der Waals surface area contributed by atoms with Gasteiger partial charge in [0.15, 0.2) is 0 Å². The van der Waals surface area contributed by atoms with E-state index in [1.54, 1.807) is 24.7 Å². The first-order valence-electron chi connectivity index (χ1n) is 9.76. The van der Waals surface area contributed by atoms with E-state index >= 15 is 0 Å². The minimum Gasteiger partial charge on any atom is -0.394 e. The van der Waals surface area contributed by atoms with Crippen molar-refractivity contribution in [2.75, 3.05) is 18.1 Å². The number of rotatable bonds is 7. The van der Waals surface area contributed by atoms with Gasteiger partial charge in [-0.2, -0.15) is 0 Å². The molecule has 2 aromatic heterocycles.